The van der Waals surface area contributed by atoms with Crippen LogP contribution < -0.4 is 70.3 Å². The topological polar surface area (TPSA) is 140 Å². The van der Waals surface area contributed by atoms with Crippen molar-refractivity contribution in [2.45, 2.75) is 18.7 Å². The second-order valence-electron chi connectivity index (χ2n) is 9.11. The molecule has 0 amide bonds. The van der Waals surface area contributed by atoms with E-state index >= 15 is 0 Å². The molecule has 0 aliphatic carbocycles. The van der Waals surface area contributed by atoms with Gasteiger partial charge in [0.15, 0.2) is 0 Å². The smallest absolute Gasteiger partial charge is 1.00 e. The SMILES string of the molecule is COc1ccc2c(c1)N(CCCCS(=O)(=O)[O-])/C(=C/C=C/c1[se]c3ccc4ccccc4c3[n+]1CS(=O)(=O)[O-])O2.[K+]. The van der Waals surface area contributed by atoms with Crippen LogP contribution in [0.2, 0.25) is 0 Å². The molecule has 0 radical (unpaired) electrons. The van der Waals surface area contributed by atoms with Gasteiger partial charge in [0, 0.05) is 0 Å². The van der Waals surface area contributed by atoms with Crippen LogP contribution in [-0.2, 0) is 26.1 Å². The van der Waals surface area contributed by atoms with Crippen molar-refractivity contribution < 1.29 is 91.4 Å². The number of anilines is 1. The number of allylic oxidation sites excluding steroid dienone is 2. The van der Waals surface area contributed by atoms with Crippen LogP contribution in [0.5, 0.6) is 11.5 Å². The van der Waals surface area contributed by atoms with Gasteiger partial charge in [0.1, 0.15) is 0 Å². The molecule has 4 aromatic rings. The second kappa shape index (κ2) is 13.4. The molecular formula is C27H25KN2O8S2Se. The van der Waals surface area contributed by atoms with E-state index < -0.39 is 31.9 Å². The third kappa shape index (κ3) is 7.89. The molecule has 3 aromatic carbocycles. The first-order valence-corrected chi connectivity index (χ1v) is 17.1. The first-order chi connectivity index (χ1) is 19.0. The molecule has 0 N–H and O–H groups in total. The molecule has 0 saturated carbocycles. The fraction of sp³-hybridized carbons (Fsp3) is 0.222. The van der Waals surface area contributed by atoms with E-state index in [-0.39, 0.29) is 72.3 Å². The Bertz CT molecular complexity index is 1870. The molecule has 0 fully saturated rings. The Balaban J connectivity index is 0.00000387. The molecular weight excluding hydrogens is 662 g/mol. The summed E-state index contributed by atoms with van der Waals surface area (Å²) < 4.78 is 83.2. The van der Waals surface area contributed by atoms with Crippen LogP contribution in [-0.4, -0.2) is 59.9 Å². The van der Waals surface area contributed by atoms with E-state index in [4.69, 9.17) is 9.47 Å². The van der Waals surface area contributed by atoms with E-state index in [1.54, 1.807) is 42.0 Å². The van der Waals surface area contributed by atoms with Gasteiger partial charge in [-0.25, -0.2) is 0 Å². The third-order valence-electron chi connectivity index (χ3n) is 6.34. The Morgan fingerprint density at radius 3 is 2.54 bits per heavy atom. The molecule has 5 rings (SSSR count). The van der Waals surface area contributed by atoms with Crippen molar-refractivity contribution in [3.8, 4) is 11.5 Å². The summed E-state index contributed by atoms with van der Waals surface area (Å²) in [5, 5.41) is 1.83. The van der Waals surface area contributed by atoms with Crippen LogP contribution in [0.4, 0.5) is 5.69 Å². The van der Waals surface area contributed by atoms with Crippen molar-refractivity contribution in [1.82, 2.24) is 0 Å². The summed E-state index contributed by atoms with van der Waals surface area (Å²) >= 11 is -0.241. The Kier molecular flexibility index (Phi) is 10.6. The van der Waals surface area contributed by atoms with Crippen LogP contribution in [0.15, 0.2) is 72.6 Å². The summed E-state index contributed by atoms with van der Waals surface area (Å²) in [4.78, 5) is 1.87. The maximum absolute atomic E-state index is 11.8. The van der Waals surface area contributed by atoms with E-state index in [9.17, 15) is 25.9 Å². The maximum atomic E-state index is 11.8. The quantitative estimate of drug-likeness (QED) is 0.0971. The normalized spacial score (nSPS) is 14.5. The van der Waals surface area contributed by atoms with Gasteiger partial charge in [0.2, 0.25) is 0 Å². The Hall–Kier alpha value is -1.55. The molecule has 0 bridgehead atoms. The fourth-order valence-electron chi connectivity index (χ4n) is 4.61. The maximum Gasteiger partial charge on any atom is 1.00 e. The number of methoxy groups -OCH3 is 1. The number of aromatic nitrogens is 1. The van der Waals surface area contributed by atoms with Gasteiger partial charge in [-0.1, -0.05) is 0 Å². The number of hydrogen-bond acceptors (Lipinski definition) is 9. The van der Waals surface area contributed by atoms with E-state index in [0.29, 0.717) is 34.9 Å². The summed E-state index contributed by atoms with van der Waals surface area (Å²) in [5.74, 6) is 0.562. The van der Waals surface area contributed by atoms with E-state index in [1.807, 2.05) is 47.4 Å². The van der Waals surface area contributed by atoms with Gasteiger partial charge in [-0.3, -0.25) is 0 Å². The average molecular weight is 688 g/mol. The minimum atomic E-state index is -4.56. The van der Waals surface area contributed by atoms with Crippen LogP contribution in [0, 0.1) is 0 Å². The number of benzene rings is 3. The van der Waals surface area contributed by atoms with Crippen molar-refractivity contribution in [3.63, 3.8) is 0 Å². The van der Waals surface area contributed by atoms with Crippen molar-refractivity contribution in [2.24, 2.45) is 0 Å². The summed E-state index contributed by atoms with van der Waals surface area (Å²) in [6, 6.07) is 16.9. The van der Waals surface area contributed by atoms with E-state index in [1.165, 1.54) is 0 Å². The first kappa shape index (κ1) is 32.4. The van der Waals surface area contributed by atoms with Gasteiger partial charge in [-0.15, -0.1) is 0 Å². The number of unbranched alkanes of at least 4 members (excludes halogenated alkanes) is 1. The predicted molar refractivity (Wildman–Crippen MR) is 150 cm³/mol. The van der Waals surface area contributed by atoms with Gasteiger partial charge < -0.3 is 0 Å². The third-order valence-corrected chi connectivity index (χ3v) is 10.0. The predicted octanol–water partition coefficient (Wildman–Crippen LogP) is -0.0682. The zero-order valence-electron chi connectivity index (χ0n) is 22.3. The van der Waals surface area contributed by atoms with Crippen molar-refractivity contribution >= 4 is 67.1 Å². The molecule has 0 unspecified atom stereocenters. The summed E-state index contributed by atoms with van der Waals surface area (Å²) in [7, 11) is -7.31. The number of rotatable bonds is 10. The monoisotopic (exact) mass is 688 g/mol. The molecule has 14 heteroatoms. The molecule has 0 saturated heterocycles. The standard InChI is InChI=1S/C27H26N2O8S2Se.K/c1-36-20-12-13-23-22(17-20)28(15-4-5-16-38(30,31)32)25(37-23)9-6-10-26-29(18-39(33,34)35)27-21-8-3-2-7-19(21)11-14-24(27)40-26;/h2-3,6-14,17H,4-5,15-16,18H2,1H3,(H-,30,31,32,33,34,35);/q;+1/p-1. The number of nitrogens with zero attached hydrogens (tertiary/aromatic N) is 2. The van der Waals surface area contributed by atoms with Gasteiger partial charge in [0.05, 0.1) is 0 Å². The van der Waals surface area contributed by atoms with Crippen LogP contribution in [0.25, 0.3) is 26.6 Å². The molecule has 41 heavy (non-hydrogen) atoms. The van der Waals surface area contributed by atoms with Gasteiger partial charge in [0.25, 0.3) is 0 Å². The number of ether oxygens (including phenoxy) is 2. The van der Waals surface area contributed by atoms with E-state index in [0.717, 1.165) is 26.2 Å². The minimum absolute atomic E-state index is 0. The Morgan fingerprint density at radius 2 is 1.80 bits per heavy atom. The molecule has 10 nitrogen and oxygen atoms in total. The number of fused-ring (bicyclic) bond motifs is 4. The van der Waals surface area contributed by atoms with Gasteiger partial charge >= 0.3 is 290 Å². The summed E-state index contributed by atoms with van der Waals surface area (Å²) in [6.45, 7) is 0.397. The molecule has 1 aliphatic rings. The van der Waals surface area contributed by atoms with E-state index in [2.05, 4.69) is 0 Å². The summed E-state index contributed by atoms with van der Waals surface area (Å²) in [6.07, 6.45) is 5.88. The Labute approximate surface area is 286 Å². The molecule has 2 heterocycles. The Morgan fingerprint density at radius 1 is 1.02 bits per heavy atom. The molecule has 1 aromatic heterocycles. The number of hydrogen-bond donors (Lipinski definition) is 0. The van der Waals surface area contributed by atoms with Crippen molar-refractivity contribution in [3.05, 3.63) is 77.2 Å². The van der Waals surface area contributed by atoms with Gasteiger partial charge in [-0.05, 0) is 0 Å². The van der Waals surface area contributed by atoms with Crippen LogP contribution in [0.3, 0.4) is 0 Å². The largest absolute Gasteiger partial charge is 1.00 e. The fourth-order valence-corrected chi connectivity index (χ4v) is 8.22. The zero-order chi connectivity index (χ0) is 28.5. The molecule has 1 aliphatic heterocycles. The van der Waals surface area contributed by atoms with Crippen LogP contribution in [0.1, 0.15) is 17.4 Å². The molecule has 210 valence electrons. The zero-order valence-corrected chi connectivity index (χ0v) is 28.8. The minimum Gasteiger partial charge on any atom is 1.00 e. The summed E-state index contributed by atoms with van der Waals surface area (Å²) in [5.41, 5.74) is 1.47. The average Bonchev–Trinajstić information content (AvgIpc) is 3.42. The van der Waals surface area contributed by atoms with Gasteiger partial charge in [-0.2, -0.15) is 0 Å². The second-order valence-corrected chi connectivity index (χ2v) is 14.2. The van der Waals surface area contributed by atoms with Crippen molar-refractivity contribution in [1.29, 1.82) is 0 Å². The van der Waals surface area contributed by atoms with Crippen molar-refractivity contribution in [2.75, 3.05) is 24.3 Å². The van der Waals surface area contributed by atoms with Crippen LogP contribution >= 0.6 is 0 Å². The molecule has 0 atom stereocenters. The first-order valence-electron chi connectivity index (χ1n) is 12.3. The molecule has 0 spiro atoms.